The normalized spacial score (nSPS) is 15.2. The Kier molecular flexibility index (Phi) is 1.57. The van der Waals surface area contributed by atoms with Gasteiger partial charge in [-0.15, -0.1) is 0 Å². The van der Waals surface area contributed by atoms with Gasteiger partial charge in [0.15, 0.2) is 5.78 Å². The van der Waals surface area contributed by atoms with Gasteiger partial charge in [0, 0.05) is 5.69 Å². The van der Waals surface area contributed by atoms with E-state index in [4.69, 9.17) is 0 Å². The Morgan fingerprint density at radius 3 is 3.17 bits per heavy atom. The maximum Gasteiger partial charge on any atom is 0.155 e. The van der Waals surface area contributed by atoms with E-state index in [1.165, 1.54) is 0 Å². The molecule has 3 nitrogen and oxygen atoms in total. The molecule has 1 heterocycles. The fourth-order valence-corrected chi connectivity index (χ4v) is 1.43. The number of allylic oxidation sites excluding steroid dienone is 1. The Morgan fingerprint density at radius 2 is 2.42 bits per heavy atom. The van der Waals surface area contributed by atoms with Crippen LogP contribution < -0.4 is 0 Å². The highest BCUT2D eigenvalue weighted by Gasteiger charge is 2.14. The van der Waals surface area contributed by atoms with Crippen molar-refractivity contribution in [1.82, 2.24) is 9.97 Å². The van der Waals surface area contributed by atoms with Crippen LogP contribution in [0.5, 0.6) is 0 Å². The molecule has 0 aliphatic heterocycles. The average molecular weight is 162 g/mol. The number of fused-ring (bicyclic) bond motifs is 1. The average Bonchev–Trinajstić information content (AvgIpc) is 2.49. The second-order valence-corrected chi connectivity index (χ2v) is 2.99. The Labute approximate surface area is 70.5 Å². The summed E-state index contributed by atoms with van der Waals surface area (Å²) in [6, 6.07) is 0. The highest BCUT2D eigenvalue weighted by Crippen LogP contribution is 2.20. The smallest absolute Gasteiger partial charge is 0.155 e. The molecule has 0 atom stereocenters. The molecular formula is C9H10N2O. The van der Waals surface area contributed by atoms with Gasteiger partial charge < -0.3 is 4.98 Å². The Bertz CT molecular complexity index is 349. The predicted octanol–water partition coefficient (Wildman–Crippen LogP) is 1.33. The first-order valence-corrected chi connectivity index (χ1v) is 4.01. The minimum Gasteiger partial charge on any atom is -0.348 e. The molecule has 62 valence electrons. The van der Waals surface area contributed by atoms with Crippen molar-refractivity contribution in [2.24, 2.45) is 0 Å². The number of aryl methyl sites for hydroxylation is 1. The van der Waals surface area contributed by atoms with Crippen molar-refractivity contribution in [3.8, 4) is 0 Å². The molecule has 0 saturated carbocycles. The third-order valence-electron chi connectivity index (χ3n) is 2.16. The number of ketones is 1. The molecule has 12 heavy (non-hydrogen) atoms. The van der Waals surface area contributed by atoms with Gasteiger partial charge in [-0.2, -0.15) is 0 Å². The van der Waals surface area contributed by atoms with Gasteiger partial charge in [-0.25, -0.2) is 4.98 Å². The van der Waals surface area contributed by atoms with Crippen molar-refractivity contribution in [3.05, 3.63) is 23.3 Å². The number of rotatable bonds is 1. The van der Waals surface area contributed by atoms with Crippen LogP contribution in [0.25, 0.3) is 6.08 Å². The van der Waals surface area contributed by atoms with E-state index in [0.29, 0.717) is 0 Å². The van der Waals surface area contributed by atoms with Crippen molar-refractivity contribution in [2.45, 2.75) is 19.8 Å². The number of H-pyrrole nitrogens is 1. The number of Topliss-reactive ketones (excluding diaryl/α,β-unsaturated/α-hetero) is 1. The molecule has 0 aromatic carbocycles. The number of hydrogen-bond acceptors (Lipinski definition) is 2. The number of carbonyl (C=O) groups is 1. The lowest BCUT2D eigenvalue weighted by molar-refractivity contribution is -0.113. The van der Waals surface area contributed by atoms with Crippen LogP contribution in [0.3, 0.4) is 0 Å². The summed E-state index contributed by atoms with van der Waals surface area (Å²) in [5.41, 5.74) is 2.95. The molecule has 1 aliphatic carbocycles. The van der Waals surface area contributed by atoms with E-state index < -0.39 is 0 Å². The second kappa shape index (κ2) is 2.59. The monoisotopic (exact) mass is 162 g/mol. The van der Waals surface area contributed by atoms with Crippen LogP contribution in [0.4, 0.5) is 0 Å². The van der Waals surface area contributed by atoms with Gasteiger partial charge in [0.25, 0.3) is 0 Å². The lowest BCUT2D eigenvalue weighted by Crippen LogP contribution is -2.04. The molecule has 1 N–H and O–H groups in total. The van der Waals surface area contributed by atoms with E-state index in [2.05, 4.69) is 9.97 Å². The molecule has 3 heteroatoms. The van der Waals surface area contributed by atoms with Crippen LogP contribution in [0.15, 0.2) is 11.9 Å². The highest BCUT2D eigenvalue weighted by atomic mass is 16.1. The van der Waals surface area contributed by atoms with Crippen LogP contribution in [0.1, 0.15) is 24.7 Å². The molecule has 1 aromatic rings. The van der Waals surface area contributed by atoms with Gasteiger partial charge in [-0.1, -0.05) is 0 Å². The molecular weight excluding hydrogens is 152 g/mol. The number of aromatic amines is 1. The molecule has 0 bridgehead atoms. The van der Waals surface area contributed by atoms with Gasteiger partial charge in [-0.05, 0) is 31.4 Å². The summed E-state index contributed by atoms with van der Waals surface area (Å²) in [6.45, 7) is 1.60. The van der Waals surface area contributed by atoms with Crippen LogP contribution in [-0.4, -0.2) is 15.8 Å². The Balaban J connectivity index is 2.41. The first-order valence-electron chi connectivity index (χ1n) is 4.01. The van der Waals surface area contributed by atoms with Crippen molar-refractivity contribution in [2.75, 3.05) is 0 Å². The van der Waals surface area contributed by atoms with Crippen molar-refractivity contribution in [1.29, 1.82) is 0 Å². The maximum atomic E-state index is 11.0. The summed E-state index contributed by atoms with van der Waals surface area (Å²) in [6.07, 6.45) is 5.28. The molecule has 0 saturated heterocycles. The van der Waals surface area contributed by atoms with Crippen LogP contribution in [0.2, 0.25) is 0 Å². The molecule has 1 aromatic heterocycles. The molecule has 1 aliphatic rings. The zero-order valence-electron chi connectivity index (χ0n) is 6.92. The first kappa shape index (κ1) is 7.28. The lowest BCUT2D eigenvalue weighted by Gasteiger charge is -2.08. The summed E-state index contributed by atoms with van der Waals surface area (Å²) >= 11 is 0. The SMILES string of the molecule is CC(=O)C1=Cc2nc[nH]c2CC1. The minimum absolute atomic E-state index is 0.156. The molecule has 0 spiro atoms. The number of nitrogens with zero attached hydrogens (tertiary/aromatic N) is 1. The Hall–Kier alpha value is -1.38. The fourth-order valence-electron chi connectivity index (χ4n) is 1.43. The largest absolute Gasteiger partial charge is 0.348 e. The third kappa shape index (κ3) is 1.07. The minimum atomic E-state index is 0.156. The number of hydrogen-bond donors (Lipinski definition) is 1. The van der Waals surface area contributed by atoms with Crippen molar-refractivity contribution in [3.63, 3.8) is 0 Å². The first-order chi connectivity index (χ1) is 5.77. The van der Waals surface area contributed by atoms with E-state index in [-0.39, 0.29) is 5.78 Å². The summed E-state index contributed by atoms with van der Waals surface area (Å²) in [7, 11) is 0. The summed E-state index contributed by atoms with van der Waals surface area (Å²) < 4.78 is 0. The van der Waals surface area contributed by atoms with Crippen molar-refractivity contribution >= 4 is 11.9 Å². The third-order valence-corrected chi connectivity index (χ3v) is 2.16. The zero-order chi connectivity index (χ0) is 8.55. The molecule has 0 radical (unpaired) electrons. The topological polar surface area (TPSA) is 45.8 Å². The van der Waals surface area contributed by atoms with Gasteiger partial charge in [-0.3, -0.25) is 4.79 Å². The van der Waals surface area contributed by atoms with Gasteiger partial charge in [0.05, 0.1) is 12.0 Å². The van der Waals surface area contributed by atoms with E-state index in [0.717, 1.165) is 29.8 Å². The molecule has 0 unspecified atom stereocenters. The summed E-state index contributed by atoms with van der Waals surface area (Å²) in [4.78, 5) is 18.2. The van der Waals surface area contributed by atoms with E-state index >= 15 is 0 Å². The Morgan fingerprint density at radius 1 is 1.58 bits per heavy atom. The van der Waals surface area contributed by atoms with Gasteiger partial charge >= 0.3 is 0 Å². The quantitative estimate of drug-likeness (QED) is 0.677. The van der Waals surface area contributed by atoms with Crippen LogP contribution in [0, 0.1) is 0 Å². The van der Waals surface area contributed by atoms with Crippen LogP contribution in [-0.2, 0) is 11.2 Å². The van der Waals surface area contributed by atoms with Crippen LogP contribution >= 0.6 is 0 Å². The lowest BCUT2D eigenvalue weighted by atomic mass is 9.98. The second-order valence-electron chi connectivity index (χ2n) is 2.99. The van der Waals surface area contributed by atoms with Gasteiger partial charge in [0.2, 0.25) is 0 Å². The van der Waals surface area contributed by atoms with E-state index in [1.807, 2.05) is 6.08 Å². The summed E-state index contributed by atoms with van der Waals surface area (Å²) in [5.74, 6) is 0.156. The molecule has 0 fully saturated rings. The van der Waals surface area contributed by atoms with Gasteiger partial charge in [0.1, 0.15) is 0 Å². The molecule has 2 rings (SSSR count). The number of imidazole rings is 1. The number of aromatic nitrogens is 2. The van der Waals surface area contributed by atoms with E-state index in [9.17, 15) is 4.79 Å². The summed E-state index contributed by atoms with van der Waals surface area (Å²) in [5, 5.41) is 0. The maximum absolute atomic E-state index is 11.0. The highest BCUT2D eigenvalue weighted by molar-refractivity contribution is 5.98. The number of nitrogens with one attached hydrogen (secondary N) is 1. The number of carbonyl (C=O) groups excluding carboxylic acids is 1. The fraction of sp³-hybridized carbons (Fsp3) is 0.333. The van der Waals surface area contributed by atoms with Crippen molar-refractivity contribution < 1.29 is 4.79 Å². The zero-order valence-corrected chi connectivity index (χ0v) is 6.92. The molecule has 0 amide bonds. The van der Waals surface area contributed by atoms with E-state index in [1.54, 1.807) is 13.3 Å². The standard InChI is InChI=1S/C9H10N2O/c1-6(12)7-2-3-8-9(4-7)11-5-10-8/h4-5H,2-3H2,1H3,(H,10,11). The predicted molar refractivity (Wildman–Crippen MR) is 45.6 cm³/mol.